The Labute approximate surface area is 210 Å². The monoisotopic (exact) mass is 434 g/mol. The van der Waals surface area contributed by atoms with Crippen molar-refractivity contribution < 1.29 is 114 Å². The summed E-state index contributed by atoms with van der Waals surface area (Å²) in [5.41, 5.74) is -0.334. The van der Waals surface area contributed by atoms with E-state index in [4.69, 9.17) is 14.2 Å². The van der Waals surface area contributed by atoms with Crippen LogP contribution in [0.25, 0.3) is 0 Å². The third kappa shape index (κ3) is 6.73. The molecule has 0 radical (unpaired) electrons. The summed E-state index contributed by atoms with van der Waals surface area (Å²) in [5.74, 6) is -4.32. The smallest absolute Gasteiger partial charge is 0.550 e. The van der Waals surface area contributed by atoms with Gasteiger partial charge in [-0.2, -0.15) is 0 Å². The molecule has 0 saturated carbocycles. The zero-order valence-electron chi connectivity index (χ0n) is 16.3. The topological polar surface area (TPSA) is 189 Å². The van der Waals surface area contributed by atoms with Gasteiger partial charge in [-0.15, -0.1) is 0 Å². The fourth-order valence-corrected chi connectivity index (χ4v) is 2.97. The quantitative estimate of drug-likeness (QED) is 0.229. The summed E-state index contributed by atoms with van der Waals surface area (Å²) in [6.07, 6.45) is -7.67. The SMILES string of the molecule is C/C=C1/[C@H](O[C@@H]2O[C@H](CO)[C@@H](O)[C@H](O)[C@H]2O)OC=C(C(=O)[O-])[C@H]1CC(=O)[O-].[Na+].[Na+]. The van der Waals surface area contributed by atoms with Crippen LogP contribution in [-0.2, 0) is 23.8 Å². The van der Waals surface area contributed by atoms with Crippen LogP contribution in [0.4, 0.5) is 0 Å². The van der Waals surface area contributed by atoms with Crippen molar-refractivity contribution in [3.8, 4) is 0 Å². The van der Waals surface area contributed by atoms with Crippen LogP contribution in [0.15, 0.2) is 23.5 Å². The zero-order valence-corrected chi connectivity index (χ0v) is 20.3. The Balaban J connectivity index is 0.00000392. The van der Waals surface area contributed by atoms with Crippen molar-refractivity contribution in [1.29, 1.82) is 0 Å². The molecule has 0 aromatic heterocycles. The predicted molar refractivity (Wildman–Crippen MR) is 79.7 cm³/mol. The summed E-state index contributed by atoms with van der Waals surface area (Å²) in [7, 11) is 0. The summed E-state index contributed by atoms with van der Waals surface area (Å²) >= 11 is 0. The van der Waals surface area contributed by atoms with E-state index >= 15 is 0 Å². The van der Waals surface area contributed by atoms with Gasteiger partial charge in [0.25, 0.3) is 0 Å². The van der Waals surface area contributed by atoms with E-state index in [9.17, 15) is 40.2 Å². The molecule has 1 fully saturated rings. The molecule has 0 bridgehead atoms. The first kappa shape index (κ1) is 29.0. The number of carboxylic acid groups (broad SMARTS) is 2. The summed E-state index contributed by atoms with van der Waals surface area (Å²) in [6.45, 7) is 0.817. The Morgan fingerprint density at radius 1 is 1.17 bits per heavy atom. The summed E-state index contributed by atoms with van der Waals surface area (Å²) < 4.78 is 15.8. The Morgan fingerprint density at radius 2 is 1.79 bits per heavy atom. The van der Waals surface area contributed by atoms with Gasteiger partial charge in [0.2, 0.25) is 6.29 Å². The number of carbonyl (C=O) groups excluding carboxylic acids is 2. The maximum Gasteiger partial charge on any atom is 1.00 e. The molecule has 7 atom stereocenters. The van der Waals surface area contributed by atoms with Crippen molar-refractivity contribution in [3.05, 3.63) is 23.5 Å². The second kappa shape index (κ2) is 12.7. The Kier molecular flexibility index (Phi) is 12.7. The van der Waals surface area contributed by atoms with E-state index in [2.05, 4.69) is 0 Å². The Bertz CT molecular complexity index is 636. The first-order valence-electron chi connectivity index (χ1n) is 8.10. The second-order valence-electron chi connectivity index (χ2n) is 6.08. The third-order valence-corrected chi connectivity index (χ3v) is 4.41. The molecule has 2 aliphatic heterocycles. The van der Waals surface area contributed by atoms with Crippen molar-refractivity contribution in [2.45, 2.75) is 50.3 Å². The predicted octanol–water partition coefficient (Wildman–Crippen LogP) is -10.5. The summed E-state index contributed by atoms with van der Waals surface area (Å²) in [4.78, 5) is 22.2. The van der Waals surface area contributed by atoms with Crippen molar-refractivity contribution >= 4 is 11.9 Å². The third-order valence-electron chi connectivity index (χ3n) is 4.41. The van der Waals surface area contributed by atoms with Crippen LogP contribution < -0.4 is 69.3 Å². The molecule has 29 heavy (non-hydrogen) atoms. The van der Waals surface area contributed by atoms with Crippen LogP contribution in [0, 0.1) is 5.92 Å². The molecular formula is C16H20Na2O11. The normalized spacial score (nSPS) is 35.6. The maximum absolute atomic E-state index is 11.2. The molecule has 0 unspecified atom stereocenters. The average molecular weight is 434 g/mol. The summed E-state index contributed by atoms with van der Waals surface area (Å²) in [6, 6.07) is 0. The molecule has 0 aromatic carbocycles. The van der Waals surface area contributed by atoms with Gasteiger partial charge in [-0.1, -0.05) is 6.08 Å². The molecule has 1 saturated heterocycles. The number of aliphatic hydroxyl groups is 4. The minimum atomic E-state index is -1.71. The van der Waals surface area contributed by atoms with Crippen LogP contribution in [0.5, 0.6) is 0 Å². The van der Waals surface area contributed by atoms with E-state index in [0.717, 1.165) is 6.26 Å². The molecular weight excluding hydrogens is 414 g/mol. The summed E-state index contributed by atoms with van der Waals surface area (Å²) in [5, 5.41) is 61.0. The molecule has 152 valence electrons. The van der Waals surface area contributed by atoms with Gasteiger partial charge < -0.3 is 54.4 Å². The van der Waals surface area contributed by atoms with Gasteiger partial charge >= 0.3 is 59.1 Å². The van der Waals surface area contributed by atoms with Gasteiger partial charge in [-0.3, -0.25) is 0 Å². The number of ether oxygens (including phenoxy) is 3. The maximum atomic E-state index is 11.2. The molecule has 0 spiro atoms. The Morgan fingerprint density at radius 3 is 2.28 bits per heavy atom. The van der Waals surface area contributed by atoms with Crippen LogP contribution in [0.1, 0.15) is 13.3 Å². The van der Waals surface area contributed by atoms with E-state index in [0.29, 0.717) is 0 Å². The van der Waals surface area contributed by atoms with Gasteiger partial charge in [0.1, 0.15) is 24.4 Å². The van der Waals surface area contributed by atoms with Crippen LogP contribution in [0.2, 0.25) is 0 Å². The molecule has 4 N–H and O–H groups in total. The molecule has 11 nitrogen and oxygen atoms in total. The van der Waals surface area contributed by atoms with Crippen LogP contribution in [0.3, 0.4) is 0 Å². The number of allylic oxidation sites excluding steroid dienone is 1. The van der Waals surface area contributed by atoms with Crippen molar-refractivity contribution in [3.63, 3.8) is 0 Å². The number of hydrogen-bond donors (Lipinski definition) is 4. The molecule has 13 heteroatoms. The second-order valence-corrected chi connectivity index (χ2v) is 6.08. The van der Waals surface area contributed by atoms with Crippen LogP contribution >= 0.6 is 0 Å². The zero-order chi connectivity index (χ0) is 20.3. The molecule has 0 amide bonds. The molecule has 2 aliphatic rings. The minimum Gasteiger partial charge on any atom is -0.550 e. The number of hydrogen-bond acceptors (Lipinski definition) is 11. The van der Waals surface area contributed by atoms with Gasteiger partial charge in [-0.05, 0) is 13.3 Å². The van der Waals surface area contributed by atoms with E-state index in [1.54, 1.807) is 0 Å². The minimum absolute atomic E-state index is 0. The Hall–Kier alpha value is -0.0200. The molecule has 2 heterocycles. The number of aliphatic carboxylic acids is 2. The van der Waals surface area contributed by atoms with E-state index in [-0.39, 0.29) is 64.7 Å². The van der Waals surface area contributed by atoms with Gasteiger partial charge in [0.05, 0.1) is 18.8 Å². The van der Waals surface area contributed by atoms with Crippen LogP contribution in [-0.4, -0.2) is 76.0 Å². The van der Waals surface area contributed by atoms with Gasteiger partial charge in [0.15, 0.2) is 6.29 Å². The van der Waals surface area contributed by atoms with E-state index < -0.39 is 73.5 Å². The average Bonchev–Trinajstić information content (AvgIpc) is 2.61. The fraction of sp³-hybridized carbons (Fsp3) is 0.625. The van der Waals surface area contributed by atoms with E-state index in [1.807, 2.05) is 0 Å². The number of carbonyl (C=O) groups is 2. The molecule has 2 rings (SSSR count). The fourth-order valence-electron chi connectivity index (χ4n) is 2.97. The number of carboxylic acids is 2. The van der Waals surface area contributed by atoms with Crippen molar-refractivity contribution in [2.75, 3.05) is 6.61 Å². The number of aliphatic hydroxyl groups excluding tert-OH is 4. The molecule has 0 aliphatic carbocycles. The standard InChI is InChI=1S/C16H22O11.2Na/c1-2-6-7(3-10(18)19)8(14(23)24)5-25-15(6)27-16-13(22)12(21)11(20)9(4-17)26-16;;/h2,5,7,9,11-13,15-17,20-22H,3-4H2,1H3,(H,18,19)(H,23,24);;/q;2*+1/p-2/b6-2+;;/t7-,9+,11+,12-,13+,15-,16-;;/m0../s1. The molecule has 0 aromatic rings. The van der Waals surface area contributed by atoms with Crippen molar-refractivity contribution in [1.82, 2.24) is 0 Å². The first-order chi connectivity index (χ1) is 12.7. The number of rotatable bonds is 6. The largest absolute Gasteiger partial charge is 1.00 e. The first-order valence-corrected chi connectivity index (χ1v) is 8.10. The van der Waals surface area contributed by atoms with Crippen molar-refractivity contribution in [2.24, 2.45) is 5.92 Å². The van der Waals surface area contributed by atoms with Gasteiger partial charge in [-0.25, -0.2) is 0 Å². The van der Waals surface area contributed by atoms with E-state index in [1.165, 1.54) is 13.0 Å². The van der Waals surface area contributed by atoms with Gasteiger partial charge in [0, 0.05) is 23.0 Å².